The summed E-state index contributed by atoms with van der Waals surface area (Å²) in [7, 11) is 1.90. The van der Waals surface area contributed by atoms with Gasteiger partial charge >= 0.3 is 0 Å². The molecule has 0 atom stereocenters. The Morgan fingerprint density at radius 1 is 1.15 bits per heavy atom. The van der Waals surface area contributed by atoms with Crippen molar-refractivity contribution in [3.8, 4) is 22.9 Å². The Morgan fingerprint density at radius 2 is 1.90 bits per heavy atom. The van der Waals surface area contributed by atoms with Crippen LogP contribution >= 0.6 is 22.6 Å². The van der Waals surface area contributed by atoms with Crippen LogP contribution in [0.4, 0.5) is 5.82 Å². The van der Waals surface area contributed by atoms with Crippen LogP contribution in [0.15, 0.2) is 42.7 Å². The highest BCUT2D eigenvalue weighted by atomic mass is 127. The minimum absolute atomic E-state index is 0.470. The molecule has 0 saturated heterocycles. The Morgan fingerprint density at radius 3 is 2.55 bits per heavy atom. The second kappa shape index (κ2) is 5.20. The van der Waals surface area contributed by atoms with Gasteiger partial charge in [0.1, 0.15) is 5.82 Å². The number of rotatable bonds is 2. The molecule has 100 valence electrons. The van der Waals surface area contributed by atoms with Crippen LogP contribution in [0.1, 0.15) is 0 Å². The van der Waals surface area contributed by atoms with E-state index in [1.165, 1.54) is 0 Å². The monoisotopic (exact) mass is 377 g/mol. The van der Waals surface area contributed by atoms with Crippen molar-refractivity contribution in [2.45, 2.75) is 0 Å². The number of imidazole rings is 1. The van der Waals surface area contributed by atoms with E-state index in [4.69, 9.17) is 5.73 Å². The topological polar surface area (TPSA) is 69.6 Å². The molecule has 1 aromatic carbocycles. The van der Waals surface area contributed by atoms with Gasteiger partial charge in [-0.15, -0.1) is 0 Å². The summed E-state index contributed by atoms with van der Waals surface area (Å²) in [6, 6.07) is 9.94. The van der Waals surface area contributed by atoms with Gasteiger partial charge in [-0.3, -0.25) is 0 Å². The molecule has 0 aliphatic heterocycles. The van der Waals surface area contributed by atoms with Gasteiger partial charge in [-0.1, -0.05) is 30.3 Å². The van der Waals surface area contributed by atoms with E-state index in [1.807, 2.05) is 48.1 Å². The zero-order valence-electron chi connectivity index (χ0n) is 10.8. The van der Waals surface area contributed by atoms with Crippen LogP contribution in [0.25, 0.3) is 22.9 Å². The molecule has 3 rings (SSSR count). The minimum atomic E-state index is 0.470. The molecule has 20 heavy (non-hydrogen) atoms. The van der Waals surface area contributed by atoms with Crippen LogP contribution in [-0.4, -0.2) is 19.5 Å². The number of nitrogens with zero attached hydrogens (tertiary/aromatic N) is 4. The number of aromatic nitrogens is 4. The fourth-order valence-corrected chi connectivity index (χ4v) is 2.49. The van der Waals surface area contributed by atoms with Crippen LogP contribution < -0.4 is 5.73 Å². The number of benzene rings is 1. The fourth-order valence-electron chi connectivity index (χ4n) is 1.93. The quantitative estimate of drug-likeness (QED) is 0.698. The molecule has 0 aliphatic carbocycles. The van der Waals surface area contributed by atoms with Gasteiger partial charge in [0, 0.05) is 25.0 Å². The van der Waals surface area contributed by atoms with Gasteiger partial charge in [0.15, 0.2) is 11.6 Å². The lowest BCUT2D eigenvalue weighted by atomic mass is 10.1. The summed E-state index contributed by atoms with van der Waals surface area (Å²) >= 11 is 2.17. The summed E-state index contributed by atoms with van der Waals surface area (Å²) in [6.07, 6.45) is 3.57. The number of halogens is 1. The lowest BCUT2D eigenvalue weighted by Crippen LogP contribution is -2.05. The molecule has 0 aliphatic rings. The van der Waals surface area contributed by atoms with E-state index in [0.717, 1.165) is 14.8 Å². The first-order valence-electron chi connectivity index (χ1n) is 6.03. The zero-order chi connectivity index (χ0) is 14.1. The van der Waals surface area contributed by atoms with Gasteiger partial charge in [-0.05, 0) is 22.6 Å². The molecule has 6 heteroatoms. The second-order valence-electron chi connectivity index (χ2n) is 4.32. The first kappa shape index (κ1) is 13.0. The van der Waals surface area contributed by atoms with Gasteiger partial charge in [0.2, 0.25) is 0 Å². The Bertz CT molecular complexity index is 752. The average Bonchev–Trinajstić information content (AvgIpc) is 2.89. The highest BCUT2D eigenvalue weighted by molar-refractivity contribution is 14.1. The highest BCUT2D eigenvalue weighted by Crippen LogP contribution is 2.28. The number of hydrogen-bond acceptors (Lipinski definition) is 4. The van der Waals surface area contributed by atoms with E-state index in [-0.39, 0.29) is 0 Å². The SMILES string of the molecule is Cn1ccnc1-c1nc(N)c(I)c(-c2ccccc2)n1. The molecule has 0 fully saturated rings. The lowest BCUT2D eigenvalue weighted by molar-refractivity contribution is 0.907. The van der Waals surface area contributed by atoms with Crippen molar-refractivity contribution in [3.63, 3.8) is 0 Å². The largest absolute Gasteiger partial charge is 0.383 e. The molecule has 0 spiro atoms. The highest BCUT2D eigenvalue weighted by Gasteiger charge is 2.15. The third kappa shape index (κ3) is 2.26. The van der Waals surface area contributed by atoms with Gasteiger partial charge < -0.3 is 10.3 Å². The van der Waals surface area contributed by atoms with Crippen LogP contribution in [0, 0.1) is 3.57 Å². The number of nitrogens with two attached hydrogens (primary N) is 1. The third-order valence-electron chi connectivity index (χ3n) is 2.95. The molecule has 2 heterocycles. The third-order valence-corrected chi connectivity index (χ3v) is 4.01. The van der Waals surface area contributed by atoms with E-state index in [9.17, 15) is 0 Å². The molecular weight excluding hydrogens is 365 g/mol. The van der Waals surface area contributed by atoms with Crippen molar-refractivity contribution in [1.29, 1.82) is 0 Å². The number of anilines is 1. The molecular formula is C14H12IN5. The molecule has 0 radical (unpaired) electrons. The predicted molar refractivity (Wildman–Crippen MR) is 86.8 cm³/mol. The molecule has 0 amide bonds. The van der Waals surface area contributed by atoms with E-state index in [2.05, 4.69) is 37.5 Å². The standard InChI is InChI=1S/C14H12IN5/c1-20-8-7-17-14(20)13-18-11(10(15)12(16)19-13)9-5-3-2-4-6-9/h2-8H,1H3,(H2,16,18,19). The summed E-state index contributed by atoms with van der Waals surface area (Å²) in [4.78, 5) is 13.2. The second-order valence-corrected chi connectivity index (χ2v) is 5.40. The van der Waals surface area contributed by atoms with Crippen molar-refractivity contribution in [3.05, 3.63) is 46.3 Å². The van der Waals surface area contributed by atoms with Crippen molar-refractivity contribution >= 4 is 28.4 Å². The smallest absolute Gasteiger partial charge is 0.198 e. The van der Waals surface area contributed by atoms with Crippen molar-refractivity contribution in [2.24, 2.45) is 7.05 Å². The predicted octanol–water partition coefficient (Wildman–Crippen LogP) is 2.73. The average molecular weight is 377 g/mol. The molecule has 0 bridgehead atoms. The molecule has 2 aromatic heterocycles. The molecule has 2 N–H and O–H groups in total. The Labute approximate surface area is 130 Å². The number of nitrogen functional groups attached to an aromatic ring is 1. The van der Waals surface area contributed by atoms with E-state index < -0.39 is 0 Å². The van der Waals surface area contributed by atoms with E-state index in [1.54, 1.807) is 6.20 Å². The molecule has 0 unspecified atom stereocenters. The van der Waals surface area contributed by atoms with Crippen LogP contribution in [0.5, 0.6) is 0 Å². The summed E-state index contributed by atoms with van der Waals surface area (Å²) < 4.78 is 2.72. The van der Waals surface area contributed by atoms with Crippen LogP contribution in [0.2, 0.25) is 0 Å². The molecule has 0 saturated carbocycles. The molecule has 3 aromatic rings. The maximum Gasteiger partial charge on any atom is 0.198 e. The maximum atomic E-state index is 6.02. The first-order valence-corrected chi connectivity index (χ1v) is 7.11. The molecule has 5 nitrogen and oxygen atoms in total. The van der Waals surface area contributed by atoms with Crippen molar-refractivity contribution in [1.82, 2.24) is 19.5 Å². The number of hydrogen-bond donors (Lipinski definition) is 1. The lowest BCUT2D eigenvalue weighted by Gasteiger charge is -2.09. The first-order chi connectivity index (χ1) is 9.66. The summed E-state index contributed by atoms with van der Waals surface area (Å²) in [5.74, 6) is 1.71. The summed E-state index contributed by atoms with van der Waals surface area (Å²) in [6.45, 7) is 0. The maximum absolute atomic E-state index is 6.02. The summed E-state index contributed by atoms with van der Waals surface area (Å²) in [5, 5.41) is 0. The van der Waals surface area contributed by atoms with Gasteiger partial charge in [0.05, 0.1) is 9.26 Å². The van der Waals surface area contributed by atoms with E-state index >= 15 is 0 Å². The van der Waals surface area contributed by atoms with Gasteiger partial charge in [-0.25, -0.2) is 15.0 Å². The minimum Gasteiger partial charge on any atom is -0.383 e. The fraction of sp³-hybridized carbons (Fsp3) is 0.0714. The Balaban J connectivity index is 2.21. The van der Waals surface area contributed by atoms with Gasteiger partial charge in [-0.2, -0.15) is 0 Å². The van der Waals surface area contributed by atoms with Gasteiger partial charge in [0.25, 0.3) is 0 Å². The summed E-state index contributed by atoms with van der Waals surface area (Å²) in [5.41, 5.74) is 7.86. The Kier molecular flexibility index (Phi) is 3.39. The zero-order valence-corrected chi connectivity index (χ0v) is 12.9. The van der Waals surface area contributed by atoms with Crippen LogP contribution in [0.3, 0.4) is 0 Å². The number of aryl methyl sites for hydroxylation is 1. The van der Waals surface area contributed by atoms with Crippen molar-refractivity contribution < 1.29 is 0 Å². The van der Waals surface area contributed by atoms with Crippen molar-refractivity contribution in [2.75, 3.05) is 5.73 Å². The Hall–Kier alpha value is -1.96. The normalized spacial score (nSPS) is 10.7. The van der Waals surface area contributed by atoms with Crippen LogP contribution in [-0.2, 0) is 7.05 Å². The van der Waals surface area contributed by atoms with E-state index in [0.29, 0.717) is 17.5 Å².